The Labute approximate surface area is 326 Å². The van der Waals surface area contributed by atoms with Crippen LogP contribution in [-0.2, 0) is 30.8 Å². The molecule has 1 aliphatic carbocycles. The van der Waals surface area contributed by atoms with Gasteiger partial charge < -0.3 is 31.3 Å². The Morgan fingerprint density at radius 2 is 1.67 bits per heavy atom. The van der Waals surface area contributed by atoms with Crippen molar-refractivity contribution in [1.82, 2.24) is 30.5 Å². The predicted octanol–water partition coefficient (Wildman–Crippen LogP) is 3.48. The lowest BCUT2D eigenvalue weighted by atomic mass is 9.85. The first-order chi connectivity index (χ1) is 25.2. The summed E-state index contributed by atoms with van der Waals surface area (Å²) in [5, 5.41) is 20.0. The third kappa shape index (κ3) is 10.4. The number of amides is 5. The fourth-order valence-electron chi connectivity index (χ4n) is 7.59. The fourth-order valence-corrected chi connectivity index (χ4v) is 9.40. The van der Waals surface area contributed by atoms with E-state index in [0.29, 0.717) is 18.5 Å². The summed E-state index contributed by atoms with van der Waals surface area (Å²) < 4.78 is 54.0. The minimum absolute atomic E-state index is 0.0208. The van der Waals surface area contributed by atoms with E-state index in [4.69, 9.17) is 16.7 Å². The molecular weight excluding hydrogens is 762 g/mol. The molecule has 1 aromatic carbocycles. The molecule has 3 aliphatic rings. The highest BCUT2D eigenvalue weighted by Crippen LogP contribution is 2.65. The van der Waals surface area contributed by atoms with E-state index in [1.807, 2.05) is 34.6 Å². The lowest BCUT2D eigenvalue weighted by molar-refractivity contribution is -0.144. The molecule has 0 aromatic heterocycles. The zero-order valence-corrected chi connectivity index (χ0v) is 34.2. The van der Waals surface area contributed by atoms with Crippen LogP contribution >= 0.6 is 11.6 Å². The van der Waals surface area contributed by atoms with Crippen LogP contribution in [0.4, 0.5) is 13.6 Å². The number of halogens is 3. The van der Waals surface area contributed by atoms with Crippen molar-refractivity contribution in [3.63, 3.8) is 0 Å². The molecule has 1 saturated carbocycles. The molecule has 5 amide bonds. The topological polar surface area (TPSA) is 194 Å². The quantitative estimate of drug-likeness (QED) is 0.188. The van der Waals surface area contributed by atoms with E-state index in [1.165, 1.54) is 27.4 Å². The van der Waals surface area contributed by atoms with Gasteiger partial charge in [0.25, 0.3) is 0 Å². The van der Waals surface area contributed by atoms with Gasteiger partial charge in [-0.05, 0) is 58.6 Å². The zero-order chi connectivity index (χ0) is 41.4. The second-order valence-electron chi connectivity index (χ2n) is 17.6. The molecule has 5 N–H and O–H groups in total. The molecule has 2 aliphatic heterocycles. The highest BCUT2D eigenvalue weighted by atomic mass is 35.5. The molecule has 14 nitrogen and oxygen atoms in total. The maximum atomic E-state index is 14.4. The number of hydrogen-bond acceptors (Lipinski definition) is 7. The largest absolute Gasteiger partial charge is 0.478 e. The Morgan fingerprint density at radius 1 is 1.02 bits per heavy atom. The summed E-state index contributed by atoms with van der Waals surface area (Å²) in [5.41, 5.74) is -1.27. The van der Waals surface area contributed by atoms with E-state index in [2.05, 4.69) is 21.3 Å². The molecule has 0 bridgehead atoms. The van der Waals surface area contributed by atoms with Crippen molar-refractivity contribution in [2.75, 3.05) is 31.9 Å². The van der Waals surface area contributed by atoms with Crippen molar-refractivity contribution in [3.05, 3.63) is 34.3 Å². The number of aromatic carboxylic acids is 1. The number of carboxylic acids is 1. The Hall–Kier alpha value is -3.57. The summed E-state index contributed by atoms with van der Waals surface area (Å²) in [6.45, 7) is 15.3. The minimum atomic E-state index is -3.44. The number of benzene rings is 1. The van der Waals surface area contributed by atoms with Gasteiger partial charge in [0.1, 0.15) is 18.1 Å². The van der Waals surface area contributed by atoms with Gasteiger partial charge in [0, 0.05) is 43.7 Å². The van der Waals surface area contributed by atoms with Gasteiger partial charge in [-0.2, -0.15) is 4.31 Å². The van der Waals surface area contributed by atoms with Crippen molar-refractivity contribution in [2.45, 2.75) is 105 Å². The van der Waals surface area contributed by atoms with Crippen LogP contribution in [0, 0.1) is 28.1 Å². The molecule has 18 heteroatoms. The number of nitrogens with zero attached hydrogens (tertiary/aromatic N) is 2. The number of piperidine rings is 1. The maximum Gasteiger partial charge on any atom is 0.335 e. The van der Waals surface area contributed by atoms with E-state index >= 15 is 0 Å². The number of likely N-dealkylation sites (tertiary alicyclic amines) is 1. The van der Waals surface area contributed by atoms with Crippen molar-refractivity contribution in [2.24, 2.45) is 28.1 Å². The second-order valence-corrected chi connectivity index (χ2v) is 20.1. The normalized spacial score (nSPS) is 23.3. The first-order valence-electron chi connectivity index (χ1n) is 18.5. The lowest BCUT2D eigenvalue weighted by Crippen LogP contribution is -2.62. The van der Waals surface area contributed by atoms with Crippen LogP contribution in [0.25, 0.3) is 0 Å². The number of rotatable bonds is 14. The first kappa shape index (κ1) is 44.1. The summed E-state index contributed by atoms with van der Waals surface area (Å²) in [5.74, 6) is -3.73. The number of nitrogens with one attached hydrogen (secondary N) is 4. The summed E-state index contributed by atoms with van der Waals surface area (Å²) >= 11 is 6.19. The molecule has 308 valence electrons. The Balaban J connectivity index is 1.48. The van der Waals surface area contributed by atoms with Crippen molar-refractivity contribution >= 4 is 51.3 Å². The molecular formula is C37H55ClF2N6O8S. The number of sulfonamides is 1. The molecule has 2 saturated heterocycles. The first-order valence-corrected chi connectivity index (χ1v) is 20.5. The summed E-state index contributed by atoms with van der Waals surface area (Å²) in [6.07, 6.45) is -3.28. The van der Waals surface area contributed by atoms with Crippen LogP contribution in [0.2, 0.25) is 5.02 Å². The molecule has 3 fully saturated rings. The molecule has 1 aromatic rings. The van der Waals surface area contributed by atoms with Crippen molar-refractivity contribution in [3.8, 4) is 0 Å². The van der Waals surface area contributed by atoms with Crippen LogP contribution in [-0.4, -0.2) is 115 Å². The molecule has 0 radical (unpaired) electrons. The van der Waals surface area contributed by atoms with Crippen LogP contribution in [0.1, 0.15) is 84.2 Å². The van der Waals surface area contributed by atoms with Crippen LogP contribution in [0.3, 0.4) is 0 Å². The van der Waals surface area contributed by atoms with E-state index < -0.39 is 87.6 Å². The molecule has 6 atom stereocenters. The molecule has 0 spiro atoms. The van der Waals surface area contributed by atoms with E-state index in [0.717, 1.165) is 0 Å². The molecule has 4 rings (SSSR count). The Kier molecular flexibility index (Phi) is 13.2. The average Bonchev–Trinajstić information content (AvgIpc) is 3.34. The number of fused-ring (bicyclic) bond motifs is 1. The summed E-state index contributed by atoms with van der Waals surface area (Å²) in [7, 11) is -3.44. The minimum Gasteiger partial charge on any atom is -0.478 e. The van der Waals surface area contributed by atoms with E-state index in [9.17, 15) is 41.2 Å². The van der Waals surface area contributed by atoms with Gasteiger partial charge in [-0.15, -0.1) is 0 Å². The van der Waals surface area contributed by atoms with Gasteiger partial charge in [0.2, 0.25) is 34.2 Å². The van der Waals surface area contributed by atoms with Gasteiger partial charge in [-0.25, -0.2) is 26.8 Å². The SMILES string of the molecule is CC1(C)C2CN(C(=O)[C@@H](NC(=O)N[C@H](CN3CCCS3(=O)=O)C(C)(C)C)C(C)(C)C)C(C(=O)N[C@@H](CC(F)F)C(=O)NCCc3ccc(C(=O)O)cc3Cl)C21. The maximum absolute atomic E-state index is 14.4. The summed E-state index contributed by atoms with van der Waals surface area (Å²) in [4.78, 5) is 67.8. The zero-order valence-electron chi connectivity index (χ0n) is 32.7. The number of carboxylic acid groups (broad SMARTS) is 1. The van der Waals surface area contributed by atoms with E-state index in [1.54, 1.807) is 20.8 Å². The molecule has 3 unspecified atom stereocenters. The highest BCUT2D eigenvalue weighted by molar-refractivity contribution is 7.89. The summed E-state index contributed by atoms with van der Waals surface area (Å²) in [6, 6.07) is -1.08. The monoisotopic (exact) mass is 816 g/mol. The lowest BCUT2D eigenvalue weighted by Gasteiger charge is -2.39. The highest BCUT2D eigenvalue weighted by Gasteiger charge is 2.70. The third-order valence-corrected chi connectivity index (χ3v) is 13.4. The number of hydrogen-bond donors (Lipinski definition) is 5. The van der Waals surface area contributed by atoms with Crippen LogP contribution in [0.15, 0.2) is 18.2 Å². The fraction of sp³-hybridized carbons (Fsp3) is 0.703. The number of alkyl halides is 2. The van der Waals surface area contributed by atoms with Crippen LogP contribution < -0.4 is 21.3 Å². The van der Waals surface area contributed by atoms with Gasteiger partial charge in [0.05, 0.1) is 11.3 Å². The third-order valence-electron chi connectivity index (χ3n) is 11.1. The van der Waals surface area contributed by atoms with Gasteiger partial charge >= 0.3 is 12.0 Å². The van der Waals surface area contributed by atoms with Crippen molar-refractivity contribution < 1.29 is 46.3 Å². The predicted molar refractivity (Wildman–Crippen MR) is 202 cm³/mol. The molecule has 55 heavy (non-hydrogen) atoms. The van der Waals surface area contributed by atoms with E-state index in [-0.39, 0.29) is 59.6 Å². The van der Waals surface area contributed by atoms with Gasteiger partial charge in [-0.1, -0.05) is 73.1 Å². The smallest absolute Gasteiger partial charge is 0.335 e. The number of urea groups is 1. The second kappa shape index (κ2) is 16.5. The van der Waals surface area contributed by atoms with Crippen LogP contribution in [0.5, 0.6) is 0 Å². The molecule has 2 heterocycles. The average molecular weight is 817 g/mol. The van der Waals surface area contributed by atoms with Gasteiger partial charge in [-0.3, -0.25) is 14.4 Å². The van der Waals surface area contributed by atoms with Crippen molar-refractivity contribution in [1.29, 1.82) is 0 Å². The Bertz CT molecular complexity index is 1770. The van der Waals surface area contributed by atoms with Gasteiger partial charge in [0.15, 0.2) is 0 Å². The number of carbonyl (C=O) groups is 5. The Morgan fingerprint density at radius 3 is 2.20 bits per heavy atom. The number of carbonyl (C=O) groups excluding carboxylic acids is 4. The standard InChI is InChI=1S/C37H55ClF2N6O8S/c1-35(2,3)25(19-45-14-9-15-55(45,53)54)43-34(52)44-29(36(4,5)6)32(49)46-18-22-27(37(22,7)8)28(46)31(48)42-24(17-26(39)40)30(47)41-13-12-20-10-11-21(33(50)51)16-23(20)38/h10-11,16,22,24-29H,9,12-15,17-19H2,1-8H3,(H,41,47)(H,42,48)(H,50,51)(H2,43,44,52)/t22?,24-,25+,27?,28?,29+/m0/s1.